The van der Waals surface area contributed by atoms with Crippen molar-refractivity contribution in [1.29, 1.82) is 0 Å². The van der Waals surface area contributed by atoms with Gasteiger partial charge in [-0.25, -0.2) is 9.69 Å². The van der Waals surface area contributed by atoms with Crippen LogP contribution in [-0.2, 0) is 16.0 Å². The number of nitrogens with one attached hydrogen (secondary N) is 1. The van der Waals surface area contributed by atoms with Crippen molar-refractivity contribution in [2.24, 2.45) is 0 Å². The SMILES string of the molecule is C=CCOc1c(CC=C)cc(/C=C2\C(=O)NC(=O)N(c3ccc(Br)cc3)C2=O)cc1OC. The van der Waals surface area contributed by atoms with Gasteiger partial charge in [0.1, 0.15) is 12.2 Å². The molecule has 0 bridgehead atoms. The Balaban J connectivity index is 2.05. The Morgan fingerprint density at radius 1 is 1.09 bits per heavy atom. The number of ether oxygens (including phenoxy) is 2. The third kappa shape index (κ3) is 4.81. The Labute approximate surface area is 194 Å². The van der Waals surface area contributed by atoms with Crippen LogP contribution in [0.25, 0.3) is 6.08 Å². The van der Waals surface area contributed by atoms with Crippen LogP contribution < -0.4 is 19.7 Å². The number of benzene rings is 2. The fourth-order valence-electron chi connectivity index (χ4n) is 3.18. The second kappa shape index (κ2) is 10.1. The van der Waals surface area contributed by atoms with E-state index in [-0.39, 0.29) is 12.2 Å². The molecule has 1 aliphatic rings. The number of barbiturate groups is 1. The minimum Gasteiger partial charge on any atom is -0.493 e. The highest BCUT2D eigenvalue weighted by Gasteiger charge is 2.36. The van der Waals surface area contributed by atoms with Gasteiger partial charge in [-0.15, -0.1) is 6.58 Å². The zero-order valence-corrected chi connectivity index (χ0v) is 19.0. The zero-order chi connectivity index (χ0) is 23.3. The molecule has 0 saturated carbocycles. The summed E-state index contributed by atoms with van der Waals surface area (Å²) in [5, 5.41) is 2.21. The molecule has 0 aliphatic carbocycles. The van der Waals surface area contributed by atoms with Gasteiger partial charge in [-0.3, -0.25) is 14.9 Å². The van der Waals surface area contributed by atoms with Crippen molar-refractivity contribution < 1.29 is 23.9 Å². The number of anilines is 1. The standard InChI is InChI=1S/C24H21BrN2O5/c1-4-6-16-12-15(14-20(31-3)21(16)32-11-5-2)13-19-22(28)26-24(30)27(23(19)29)18-9-7-17(25)8-10-18/h4-5,7-10,12-14H,1-2,6,11H2,3H3,(H,26,28,30)/b19-13+. The van der Waals surface area contributed by atoms with Gasteiger partial charge in [-0.1, -0.05) is 34.7 Å². The molecule has 8 heteroatoms. The molecule has 0 radical (unpaired) electrons. The van der Waals surface area contributed by atoms with Gasteiger partial charge >= 0.3 is 6.03 Å². The van der Waals surface area contributed by atoms with Crippen molar-refractivity contribution in [3.63, 3.8) is 0 Å². The van der Waals surface area contributed by atoms with Crippen LogP contribution in [0.3, 0.4) is 0 Å². The van der Waals surface area contributed by atoms with Crippen LogP contribution in [0.5, 0.6) is 11.5 Å². The smallest absolute Gasteiger partial charge is 0.335 e. The molecule has 1 heterocycles. The number of rotatable bonds is 8. The highest BCUT2D eigenvalue weighted by atomic mass is 79.9. The topological polar surface area (TPSA) is 84.9 Å². The normalized spacial score (nSPS) is 14.9. The van der Waals surface area contributed by atoms with E-state index in [1.54, 1.807) is 48.6 Å². The summed E-state index contributed by atoms with van der Waals surface area (Å²) < 4.78 is 12.0. The van der Waals surface area contributed by atoms with Crippen molar-refractivity contribution in [2.75, 3.05) is 18.6 Å². The van der Waals surface area contributed by atoms with Gasteiger partial charge in [-0.05, 0) is 54.5 Å². The summed E-state index contributed by atoms with van der Waals surface area (Å²) >= 11 is 3.32. The third-order valence-corrected chi connectivity index (χ3v) is 5.11. The number of hydrogen-bond donors (Lipinski definition) is 1. The number of methoxy groups -OCH3 is 1. The molecule has 1 N–H and O–H groups in total. The van der Waals surface area contributed by atoms with Crippen molar-refractivity contribution in [1.82, 2.24) is 5.32 Å². The molecule has 2 aromatic rings. The van der Waals surface area contributed by atoms with Crippen molar-refractivity contribution in [3.8, 4) is 11.5 Å². The molecule has 0 aromatic heterocycles. The molecule has 164 valence electrons. The van der Waals surface area contributed by atoms with Gasteiger partial charge in [0.2, 0.25) is 0 Å². The Bertz CT molecular complexity index is 1120. The fraction of sp³-hybridized carbons (Fsp3) is 0.125. The Morgan fingerprint density at radius 3 is 2.44 bits per heavy atom. The molecule has 7 nitrogen and oxygen atoms in total. The number of carbonyl (C=O) groups is 3. The van der Waals surface area contributed by atoms with Gasteiger partial charge < -0.3 is 9.47 Å². The van der Waals surface area contributed by atoms with E-state index >= 15 is 0 Å². The van der Waals surface area contributed by atoms with E-state index in [0.29, 0.717) is 29.2 Å². The first-order valence-corrected chi connectivity index (χ1v) is 10.4. The molecule has 2 aromatic carbocycles. The van der Waals surface area contributed by atoms with Crippen molar-refractivity contribution in [2.45, 2.75) is 6.42 Å². The van der Waals surface area contributed by atoms with Crippen LogP contribution in [0.15, 0.2) is 71.8 Å². The average molecular weight is 497 g/mol. The molecule has 0 unspecified atom stereocenters. The van der Waals surface area contributed by atoms with E-state index in [2.05, 4.69) is 34.4 Å². The summed E-state index contributed by atoms with van der Waals surface area (Å²) in [5.74, 6) is -0.537. The highest BCUT2D eigenvalue weighted by Crippen LogP contribution is 2.35. The van der Waals surface area contributed by atoms with Crippen molar-refractivity contribution >= 4 is 45.5 Å². The minimum absolute atomic E-state index is 0.182. The molecule has 1 fully saturated rings. The van der Waals surface area contributed by atoms with E-state index in [4.69, 9.17) is 9.47 Å². The summed E-state index contributed by atoms with van der Waals surface area (Å²) in [6.07, 6.45) is 5.22. The monoisotopic (exact) mass is 496 g/mol. The van der Waals surface area contributed by atoms with Gasteiger partial charge in [0, 0.05) is 10.0 Å². The maximum absolute atomic E-state index is 13.1. The third-order valence-electron chi connectivity index (χ3n) is 4.58. The maximum Gasteiger partial charge on any atom is 0.335 e. The molecule has 32 heavy (non-hydrogen) atoms. The fourth-order valence-corrected chi connectivity index (χ4v) is 3.44. The second-order valence-corrected chi connectivity index (χ2v) is 7.65. The Kier molecular flexibility index (Phi) is 7.27. The first-order chi connectivity index (χ1) is 15.4. The van der Waals surface area contributed by atoms with Gasteiger partial charge in [0.15, 0.2) is 11.5 Å². The molecule has 0 spiro atoms. The second-order valence-electron chi connectivity index (χ2n) is 6.74. The lowest BCUT2D eigenvalue weighted by Gasteiger charge is -2.26. The predicted octanol–water partition coefficient (Wildman–Crippen LogP) is 4.42. The van der Waals surface area contributed by atoms with Crippen LogP contribution in [0.2, 0.25) is 0 Å². The quantitative estimate of drug-likeness (QED) is 0.332. The van der Waals surface area contributed by atoms with E-state index < -0.39 is 17.8 Å². The largest absolute Gasteiger partial charge is 0.493 e. The number of nitrogens with zero attached hydrogens (tertiary/aromatic N) is 1. The molecule has 0 atom stereocenters. The summed E-state index contributed by atoms with van der Waals surface area (Å²) in [7, 11) is 1.50. The number of amides is 4. The van der Waals surface area contributed by atoms with Crippen LogP contribution in [-0.4, -0.2) is 31.6 Å². The number of halogens is 1. The lowest BCUT2D eigenvalue weighted by molar-refractivity contribution is -0.122. The van der Waals surface area contributed by atoms with Crippen molar-refractivity contribution in [3.05, 3.63) is 82.9 Å². The number of urea groups is 1. The van der Waals surface area contributed by atoms with E-state index in [0.717, 1.165) is 14.9 Å². The molecule has 4 amide bonds. The average Bonchev–Trinajstić information content (AvgIpc) is 2.77. The lowest BCUT2D eigenvalue weighted by atomic mass is 10.0. The summed E-state index contributed by atoms with van der Waals surface area (Å²) in [4.78, 5) is 38.9. The number of hydrogen-bond acceptors (Lipinski definition) is 5. The molecular weight excluding hydrogens is 476 g/mol. The molecule has 3 rings (SSSR count). The molecule has 1 aliphatic heterocycles. The number of imide groups is 2. The Hall–Kier alpha value is -3.65. The van der Waals surface area contributed by atoms with Crippen LogP contribution in [0.4, 0.5) is 10.5 Å². The minimum atomic E-state index is -0.808. The summed E-state index contributed by atoms with van der Waals surface area (Å²) in [6, 6.07) is 9.22. The predicted molar refractivity (Wildman–Crippen MR) is 126 cm³/mol. The molecule has 1 saturated heterocycles. The van der Waals surface area contributed by atoms with E-state index in [1.165, 1.54) is 13.2 Å². The number of allylic oxidation sites excluding steroid dienone is 1. The van der Waals surface area contributed by atoms with E-state index in [1.807, 2.05) is 0 Å². The molecular formula is C24H21BrN2O5. The number of carbonyl (C=O) groups excluding carboxylic acids is 3. The first-order valence-electron chi connectivity index (χ1n) is 9.62. The highest BCUT2D eigenvalue weighted by molar-refractivity contribution is 9.10. The Morgan fingerprint density at radius 2 is 1.81 bits per heavy atom. The van der Waals surface area contributed by atoms with Gasteiger partial charge in [-0.2, -0.15) is 0 Å². The van der Waals surface area contributed by atoms with E-state index in [9.17, 15) is 14.4 Å². The first kappa shape index (κ1) is 23.0. The summed E-state index contributed by atoms with van der Waals surface area (Å²) in [6.45, 7) is 7.70. The van der Waals surface area contributed by atoms with Gasteiger partial charge in [0.05, 0.1) is 12.8 Å². The van der Waals surface area contributed by atoms with Gasteiger partial charge in [0.25, 0.3) is 11.8 Å². The zero-order valence-electron chi connectivity index (χ0n) is 17.4. The van der Waals surface area contributed by atoms with Crippen LogP contribution in [0.1, 0.15) is 11.1 Å². The lowest BCUT2D eigenvalue weighted by Crippen LogP contribution is -2.54. The van der Waals surface area contributed by atoms with Crippen LogP contribution in [0, 0.1) is 0 Å². The summed E-state index contributed by atoms with van der Waals surface area (Å²) in [5.41, 5.74) is 1.46. The maximum atomic E-state index is 13.1. The van der Waals surface area contributed by atoms with Crippen LogP contribution >= 0.6 is 15.9 Å².